The minimum absolute atomic E-state index is 0.0326. The summed E-state index contributed by atoms with van der Waals surface area (Å²) in [6, 6.07) is 3.01. The van der Waals surface area contributed by atoms with Crippen molar-refractivity contribution < 1.29 is 4.79 Å². The fourth-order valence-corrected chi connectivity index (χ4v) is 2.36. The zero-order valence-corrected chi connectivity index (χ0v) is 12.8. The fourth-order valence-electron chi connectivity index (χ4n) is 1.73. The topological polar surface area (TPSA) is 59.8 Å². The van der Waals surface area contributed by atoms with Gasteiger partial charge < -0.3 is 9.88 Å². The van der Waals surface area contributed by atoms with E-state index >= 15 is 0 Å². The van der Waals surface area contributed by atoms with Crippen LogP contribution in [0.1, 0.15) is 23.8 Å². The number of nitrogens with zero attached hydrogens (tertiary/aromatic N) is 3. The predicted molar refractivity (Wildman–Crippen MR) is 79.7 cm³/mol. The second-order valence-corrected chi connectivity index (χ2v) is 5.20. The molecule has 0 aliphatic heterocycles. The highest BCUT2D eigenvalue weighted by Gasteiger charge is 2.14. The SMILES string of the molecule is CCCn1cc(Cl)cc1C(=O)Nc1cc(Cl)nc(Cl)n1. The van der Waals surface area contributed by atoms with Gasteiger partial charge in [0.15, 0.2) is 0 Å². The number of carbonyl (C=O) groups is 1. The summed E-state index contributed by atoms with van der Waals surface area (Å²) < 4.78 is 1.78. The van der Waals surface area contributed by atoms with Crippen LogP contribution >= 0.6 is 34.8 Å². The number of aryl methyl sites for hydroxylation is 1. The summed E-state index contributed by atoms with van der Waals surface area (Å²) in [5.74, 6) is -0.100. The van der Waals surface area contributed by atoms with Crippen LogP contribution in [0.25, 0.3) is 0 Å². The maximum atomic E-state index is 12.2. The molecule has 8 heteroatoms. The Kier molecular flexibility index (Phi) is 4.86. The second-order valence-electron chi connectivity index (χ2n) is 4.04. The molecule has 2 aromatic heterocycles. The first-order valence-electron chi connectivity index (χ1n) is 5.86. The van der Waals surface area contributed by atoms with E-state index in [0.29, 0.717) is 17.3 Å². The highest BCUT2D eigenvalue weighted by molar-refractivity contribution is 6.32. The summed E-state index contributed by atoms with van der Waals surface area (Å²) in [5, 5.41) is 3.24. The van der Waals surface area contributed by atoms with Crippen molar-refractivity contribution >= 4 is 46.5 Å². The lowest BCUT2D eigenvalue weighted by molar-refractivity contribution is 0.101. The quantitative estimate of drug-likeness (QED) is 0.682. The summed E-state index contributed by atoms with van der Waals surface area (Å²) in [5.41, 5.74) is 0.447. The average Bonchev–Trinajstić information content (AvgIpc) is 2.69. The molecule has 20 heavy (non-hydrogen) atoms. The van der Waals surface area contributed by atoms with Gasteiger partial charge in [0.25, 0.3) is 5.91 Å². The Balaban J connectivity index is 2.23. The third-order valence-electron chi connectivity index (χ3n) is 2.47. The summed E-state index contributed by atoms with van der Waals surface area (Å²) in [7, 11) is 0. The average molecular weight is 334 g/mol. The van der Waals surface area contributed by atoms with Crippen molar-refractivity contribution in [3.8, 4) is 0 Å². The molecule has 0 fully saturated rings. The van der Waals surface area contributed by atoms with Crippen LogP contribution in [0.2, 0.25) is 15.5 Å². The fraction of sp³-hybridized carbons (Fsp3) is 0.250. The molecular weight excluding hydrogens is 323 g/mol. The molecule has 0 spiro atoms. The molecule has 0 aliphatic rings. The molecule has 0 saturated carbocycles. The van der Waals surface area contributed by atoms with Crippen molar-refractivity contribution in [1.29, 1.82) is 0 Å². The molecule has 1 amide bonds. The van der Waals surface area contributed by atoms with Crippen molar-refractivity contribution in [2.45, 2.75) is 19.9 Å². The first kappa shape index (κ1) is 15.1. The van der Waals surface area contributed by atoms with E-state index in [-0.39, 0.29) is 22.2 Å². The molecule has 0 saturated heterocycles. The van der Waals surface area contributed by atoms with Crippen LogP contribution in [0.4, 0.5) is 5.82 Å². The molecule has 0 aromatic carbocycles. The Morgan fingerprint density at radius 2 is 2.05 bits per heavy atom. The number of halogens is 3. The van der Waals surface area contributed by atoms with Crippen molar-refractivity contribution in [1.82, 2.24) is 14.5 Å². The molecule has 2 aromatic rings. The van der Waals surface area contributed by atoms with Gasteiger partial charge in [0.05, 0.1) is 5.02 Å². The Bertz CT molecular complexity index is 621. The smallest absolute Gasteiger partial charge is 0.273 e. The number of nitrogens with one attached hydrogen (secondary N) is 1. The van der Waals surface area contributed by atoms with Gasteiger partial charge in [-0.25, -0.2) is 9.97 Å². The number of hydrogen-bond donors (Lipinski definition) is 1. The van der Waals surface area contributed by atoms with E-state index < -0.39 is 0 Å². The number of aromatic nitrogens is 3. The predicted octanol–water partition coefficient (Wildman–Crippen LogP) is 3.90. The van der Waals surface area contributed by atoms with Crippen LogP contribution < -0.4 is 5.32 Å². The Labute approximate surface area is 130 Å². The maximum Gasteiger partial charge on any atom is 0.273 e. The zero-order valence-electron chi connectivity index (χ0n) is 10.5. The van der Waals surface area contributed by atoms with E-state index in [4.69, 9.17) is 34.8 Å². The minimum Gasteiger partial charge on any atom is -0.342 e. The number of rotatable bonds is 4. The van der Waals surface area contributed by atoms with E-state index in [0.717, 1.165) is 6.42 Å². The normalized spacial score (nSPS) is 10.6. The van der Waals surface area contributed by atoms with Gasteiger partial charge in [-0.2, -0.15) is 0 Å². The van der Waals surface area contributed by atoms with Gasteiger partial charge in [-0.05, 0) is 24.1 Å². The lowest BCUT2D eigenvalue weighted by Gasteiger charge is -2.08. The molecular formula is C12H11Cl3N4O. The van der Waals surface area contributed by atoms with E-state index in [9.17, 15) is 4.79 Å². The molecule has 1 N–H and O–H groups in total. The van der Waals surface area contributed by atoms with Crippen LogP contribution in [0.5, 0.6) is 0 Å². The molecule has 2 rings (SSSR count). The maximum absolute atomic E-state index is 12.2. The van der Waals surface area contributed by atoms with Crippen LogP contribution in [0.15, 0.2) is 18.3 Å². The van der Waals surface area contributed by atoms with Crippen molar-refractivity contribution in [2.24, 2.45) is 0 Å². The van der Waals surface area contributed by atoms with Crippen LogP contribution in [-0.2, 0) is 6.54 Å². The second kappa shape index (κ2) is 6.43. The highest BCUT2D eigenvalue weighted by atomic mass is 35.5. The number of hydrogen-bond acceptors (Lipinski definition) is 3. The molecule has 0 radical (unpaired) electrons. The third kappa shape index (κ3) is 3.62. The largest absolute Gasteiger partial charge is 0.342 e. The summed E-state index contributed by atoms with van der Waals surface area (Å²) >= 11 is 17.4. The zero-order chi connectivity index (χ0) is 14.7. The van der Waals surface area contributed by atoms with Crippen molar-refractivity contribution in [2.75, 3.05) is 5.32 Å². The van der Waals surface area contributed by atoms with Crippen molar-refractivity contribution in [3.05, 3.63) is 39.5 Å². The Hall–Kier alpha value is -1.30. The number of amides is 1. The number of carbonyl (C=O) groups excluding carboxylic acids is 1. The molecule has 2 heterocycles. The molecule has 0 atom stereocenters. The standard InChI is InChI=1S/C12H11Cl3N4O/c1-2-3-19-6-7(13)4-8(19)11(20)17-10-5-9(14)16-12(15)18-10/h4-6H,2-3H2,1H3,(H,16,17,18,20). The van der Waals surface area contributed by atoms with Gasteiger partial charge in [0.2, 0.25) is 5.28 Å². The molecule has 0 bridgehead atoms. The lowest BCUT2D eigenvalue weighted by Crippen LogP contribution is -2.17. The van der Waals surface area contributed by atoms with E-state index in [1.807, 2.05) is 6.92 Å². The van der Waals surface area contributed by atoms with Gasteiger partial charge in [-0.15, -0.1) is 0 Å². The van der Waals surface area contributed by atoms with Gasteiger partial charge >= 0.3 is 0 Å². The minimum atomic E-state index is -0.337. The number of anilines is 1. The van der Waals surface area contributed by atoms with Crippen LogP contribution in [-0.4, -0.2) is 20.4 Å². The van der Waals surface area contributed by atoms with Gasteiger partial charge in [0.1, 0.15) is 16.7 Å². The lowest BCUT2D eigenvalue weighted by atomic mass is 10.3. The highest BCUT2D eigenvalue weighted by Crippen LogP contribution is 2.18. The summed E-state index contributed by atoms with van der Waals surface area (Å²) in [6.07, 6.45) is 2.59. The van der Waals surface area contributed by atoms with Gasteiger partial charge in [-0.3, -0.25) is 4.79 Å². The van der Waals surface area contributed by atoms with Crippen LogP contribution in [0, 0.1) is 0 Å². The monoisotopic (exact) mass is 332 g/mol. The summed E-state index contributed by atoms with van der Waals surface area (Å²) in [6.45, 7) is 2.71. The van der Waals surface area contributed by atoms with Gasteiger partial charge in [0, 0.05) is 18.8 Å². The molecule has 5 nitrogen and oxygen atoms in total. The van der Waals surface area contributed by atoms with Gasteiger partial charge in [-0.1, -0.05) is 30.1 Å². The molecule has 0 aliphatic carbocycles. The van der Waals surface area contributed by atoms with Crippen molar-refractivity contribution in [3.63, 3.8) is 0 Å². The Morgan fingerprint density at radius 3 is 2.70 bits per heavy atom. The van der Waals surface area contributed by atoms with E-state index in [1.54, 1.807) is 16.8 Å². The summed E-state index contributed by atoms with van der Waals surface area (Å²) in [4.78, 5) is 19.8. The van der Waals surface area contributed by atoms with Crippen LogP contribution in [0.3, 0.4) is 0 Å². The molecule has 0 unspecified atom stereocenters. The van der Waals surface area contributed by atoms with E-state index in [1.165, 1.54) is 6.07 Å². The first-order valence-corrected chi connectivity index (χ1v) is 7.00. The third-order valence-corrected chi connectivity index (χ3v) is 3.04. The van der Waals surface area contributed by atoms with E-state index in [2.05, 4.69) is 15.3 Å². The first-order chi connectivity index (χ1) is 9.49. The Morgan fingerprint density at radius 1 is 1.30 bits per heavy atom. The molecule has 106 valence electrons.